The van der Waals surface area contributed by atoms with Crippen molar-refractivity contribution in [3.05, 3.63) is 0 Å². The Morgan fingerprint density at radius 1 is 1.29 bits per heavy atom. The quantitative estimate of drug-likeness (QED) is 0.717. The Hall–Kier alpha value is -0.200. The molecule has 0 fully saturated rings. The SMILES string of the molecule is CCC(C)CSC(C)CC(C)(C#N)NC(C)C. The lowest BCUT2D eigenvalue weighted by Gasteiger charge is -2.28. The van der Waals surface area contributed by atoms with Crippen LogP contribution >= 0.6 is 11.8 Å². The van der Waals surface area contributed by atoms with Crippen molar-refractivity contribution in [1.29, 1.82) is 5.26 Å². The van der Waals surface area contributed by atoms with E-state index in [9.17, 15) is 5.26 Å². The Labute approximate surface area is 112 Å². The van der Waals surface area contributed by atoms with E-state index in [0.29, 0.717) is 11.3 Å². The molecule has 0 amide bonds. The molecule has 3 heteroatoms. The van der Waals surface area contributed by atoms with Crippen LogP contribution in [0.2, 0.25) is 0 Å². The Balaban J connectivity index is 4.15. The van der Waals surface area contributed by atoms with Gasteiger partial charge >= 0.3 is 0 Å². The fourth-order valence-corrected chi connectivity index (χ4v) is 3.20. The number of thioether (sulfide) groups is 1. The van der Waals surface area contributed by atoms with Crippen LogP contribution in [-0.2, 0) is 0 Å². The molecule has 0 aromatic rings. The van der Waals surface area contributed by atoms with Gasteiger partial charge in [0.15, 0.2) is 0 Å². The van der Waals surface area contributed by atoms with Crippen molar-refractivity contribution < 1.29 is 0 Å². The molecule has 3 atom stereocenters. The van der Waals surface area contributed by atoms with E-state index in [1.807, 2.05) is 18.7 Å². The Morgan fingerprint density at radius 3 is 2.29 bits per heavy atom. The van der Waals surface area contributed by atoms with Crippen LogP contribution in [0, 0.1) is 17.2 Å². The van der Waals surface area contributed by atoms with E-state index < -0.39 is 5.54 Å². The van der Waals surface area contributed by atoms with Gasteiger partial charge in [-0.05, 0) is 38.9 Å². The molecule has 0 aliphatic heterocycles. The molecule has 0 aliphatic carbocycles. The number of hydrogen-bond acceptors (Lipinski definition) is 3. The molecule has 0 bridgehead atoms. The number of rotatable bonds is 8. The second kappa shape index (κ2) is 8.00. The third-order valence-corrected chi connectivity index (χ3v) is 4.41. The highest BCUT2D eigenvalue weighted by Gasteiger charge is 2.27. The Bertz CT molecular complexity index is 247. The lowest BCUT2D eigenvalue weighted by molar-refractivity contribution is 0.382. The van der Waals surface area contributed by atoms with E-state index in [2.05, 4.69) is 46.0 Å². The van der Waals surface area contributed by atoms with E-state index in [1.165, 1.54) is 12.2 Å². The predicted molar refractivity (Wildman–Crippen MR) is 78.3 cm³/mol. The van der Waals surface area contributed by atoms with Crippen molar-refractivity contribution in [3.8, 4) is 6.07 Å². The summed E-state index contributed by atoms with van der Waals surface area (Å²) < 4.78 is 0. The van der Waals surface area contributed by atoms with Gasteiger partial charge in [0, 0.05) is 11.3 Å². The minimum Gasteiger partial charge on any atom is -0.297 e. The van der Waals surface area contributed by atoms with Crippen molar-refractivity contribution in [3.63, 3.8) is 0 Å². The van der Waals surface area contributed by atoms with Gasteiger partial charge in [0.1, 0.15) is 5.54 Å². The Morgan fingerprint density at radius 2 is 1.88 bits per heavy atom. The lowest BCUT2D eigenvalue weighted by Crippen LogP contribution is -2.46. The zero-order chi connectivity index (χ0) is 13.5. The first-order chi connectivity index (χ1) is 7.83. The van der Waals surface area contributed by atoms with E-state index in [4.69, 9.17) is 0 Å². The summed E-state index contributed by atoms with van der Waals surface area (Å²) in [5.74, 6) is 1.97. The fourth-order valence-electron chi connectivity index (χ4n) is 1.85. The largest absolute Gasteiger partial charge is 0.297 e. The highest BCUT2D eigenvalue weighted by molar-refractivity contribution is 7.99. The number of hydrogen-bond donors (Lipinski definition) is 1. The van der Waals surface area contributed by atoms with E-state index >= 15 is 0 Å². The van der Waals surface area contributed by atoms with Gasteiger partial charge in [-0.1, -0.05) is 27.2 Å². The standard InChI is InChI=1S/C14H28N2S/c1-7-12(4)9-17-13(5)8-14(6,10-15)16-11(2)3/h11-13,16H,7-9H2,1-6H3. The molecule has 0 saturated heterocycles. The summed E-state index contributed by atoms with van der Waals surface area (Å²) in [6.07, 6.45) is 2.14. The first-order valence-electron chi connectivity index (χ1n) is 6.63. The van der Waals surface area contributed by atoms with Crippen molar-refractivity contribution in [2.24, 2.45) is 5.92 Å². The maximum Gasteiger partial charge on any atom is 0.105 e. The van der Waals surface area contributed by atoms with Crippen LogP contribution in [0.1, 0.15) is 54.4 Å². The third kappa shape index (κ3) is 7.68. The summed E-state index contributed by atoms with van der Waals surface area (Å²) in [6, 6.07) is 2.77. The van der Waals surface area contributed by atoms with Gasteiger partial charge in [0.05, 0.1) is 6.07 Å². The fraction of sp³-hybridized carbons (Fsp3) is 0.929. The van der Waals surface area contributed by atoms with Gasteiger partial charge in [-0.3, -0.25) is 5.32 Å². The lowest BCUT2D eigenvalue weighted by atomic mass is 9.97. The molecule has 1 N–H and O–H groups in total. The number of nitriles is 1. The molecule has 100 valence electrons. The molecule has 2 nitrogen and oxygen atoms in total. The first-order valence-corrected chi connectivity index (χ1v) is 7.68. The monoisotopic (exact) mass is 256 g/mol. The van der Waals surface area contributed by atoms with Crippen LogP contribution in [0.25, 0.3) is 0 Å². The zero-order valence-corrected chi connectivity index (χ0v) is 13.0. The molecular formula is C14H28N2S. The maximum atomic E-state index is 9.28. The number of nitrogens with zero attached hydrogens (tertiary/aromatic N) is 1. The van der Waals surface area contributed by atoms with Gasteiger partial charge in [0.25, 0.3) is 0 Å². The molecule has 0 heterocycles. The Kier molecular flexibility index (Phi) is 7.91. The molecule has 0 aromatic heterocycles. The van der Waals surface area contributed by atoms with Gasteiger partial charge in [-0.15, -0.1) is 0 Å². The first kappa shape index (κ1) is 16.8. The molecule has 3 unspecified atom stereocenters. The van der Waals surface area contributed by atoms with Crippen LogP contribution in [0.5, 0.6) is 0 Å². The molecule has 0 radical (unpaired) electrons. The summed E-state index contributed by atoms with van der Waals surface area (Å²) in [5.41, 5.74) is -0.393. The van der Waals surface area contributed by atoms with E-state index in [0.717, 1.165) is 12.3 Å². The molecular weight excluding hydrogens is 228 g/mol. The second-order valence-corrected chi connectivity index (χ2v) is 7.08. The molecule has 0 rings (SSSR count). The number of nitrogens with one attached hydrogen (secondary N) is 1. The normalized spacial score (nSPS) is 18.5. The van der Waals surface area contributed by atoms with Crippen LogP contribution in [0.3, 0.4) is 0 Å². The third-order valence-electron chi connectivity index (χ3n) is 2.91. The van der Waals surface area contributed by atoms with Crippen LogP contribution in [0.15, 0.2) is 0 Å². The molecule has 0 saturated carbocycles. The van der Waals surface area contributed by atoms with E-state index in [-0.39, 0.29) is 0 Å². The molecule has 0 aliphatic rings. The van der Waals surface area contributed by atoms with Crippen LogP contribution < -0.4 is 5.32 Å². The molecule has 0 spiro atoms. The smallest absolute Gasteiger partial charge is 0.105 e. The highest BCUT2D eigenvalue weighted by Crippen LogP contribution is 2.24. The van der Waals surface area contributed by atoms with Crippen molar-refractivity contribution >= 4 is 11.8 Å². The average Bonchev–Trinajstić information content (AvgIpc) is 2.24. The maximum absolute atomic E-state index is 9.28. The topological polar surface area (TPSA) is 35.8 Å². The van der Waals surface area contributed by atoms with Crippen LogP contribution in [-0.4, -0.2) is 22.6 Å². The van der Waals surface area contributed by atoms with Gasteiger partial charge in [-0.2, -0.15) is 17.0 Å². The van der Waals surface area contributed by atoms with Crippen molar-refractivity contribution in [1.82, 2.24) is 5.32 Å². The molecule has 17 heavy (non-hydrogen) atoms. The highest BCUT2D eigenvalue weighted by atomic mass is 32.2. The summed E-state index contributed by atoms with van der Waals surface area (Å²) in [5, 5.41) is 13.2. The van der Waals surface area contributed by atoms with Gasteiger partial charge in [0.2, 0.25) is 0 Å². The van der Waals surface area contributed by atoms with Gasteiger partial charge in [-0.25, -0.2) is 0 Å². The minimum absolute atomic E-state index is 0.353. The molecule has 0 aromatic carbocycles. The van der Waals surface area contributed by atoms with Crippen LogP contribution in [0.4, 0.5) is 0 Å². The van der Waals surface area contributed by atoms with Crippen molar-refractivity contribution in [2.75, 3.05) is 5.75 Å². The van der Waals surface area contributed by atoms with Gasteiger partial charge < -0.3 is 0 Å². The summed E-state index contributed by atoms with van der Waals surface area (Å²) in [7, 11) is 0. The zero-order valence-electron chi connectivity index (χ0n) is 12.2. The van der Waals surface area contributed by atoms with Crippen molar-refractivity contribution in [2.45, 2.75) is 71.2 Å². The summed E-state index contributed by atoms with van der Waals surface area (Å²) >= 11 is 1.99. The summed E-state index contributed by atoms with van der Waals surface area (Å²) in [4.78, 5) is 0. The second-order valence-electron chi connectivity index (χ2n) is 5.60. The minimum atomic E-state index is -0.393. The summed E-state index contributed by atoms with van der Waals surface area (Å²) in [6.45, 7) is 12.9. The average molecular weight is 256 g/mol. The predicted octanol–water partition coefficient (Wildman–Crippen LogP) is 3.82. The van der Waals surface area contributed by atoms with E-state index in [1.54, 1.807) is 0 Å².